The molecule has 3 aromatic rings. The SMILES string of the molecule is COc1cc(C(C)(C)C)ccc1C1=N[C@@](C)(c2ccc(Cl)cc2)[C@@](C)(c2ccc(Cl)cc2)N1C(=O)Cl. The Bertz CT molecular complexity index is 1330. The highest BCUT2D eigenvalue weighted by molar-refractivity contribution is 6.64. The minimum Gasteiger partial charge on any atom is -0.496 e. The summed E-state index contributed by atoms with van der Waals surface area (Å²) in [5.41, 5.74) is 1.51. The Labute approximate surface area is 227 Å². The van der Waals surface area contributed by atoms with Gasteiger partial charge in [-0.25, -0.2) is 0 Å². The van der Waals surface area contributed by atoms with Crippen LogP contribution in [0.25, 0.3) is 0 Å². The van der Waals surface area contributed by atoms with Gasteiger partial charge in [-0.3, -0.25) is 14.7 Å². The van der Waals surface area contributed by atoms with Gasteiger partial charge in [0.1, 0.15) is 22.7 Å². The topological polar surface area (TPSA) is 41.9 Å². The van der Waals surface area contributed by atoms with Crippen LogP contribution < -0.4 is 4.74 Å². The first kappa shape index (κ1) is 26.5. The first-order chi connectivity index (χ1) is 16.8. The molecule has 36 heavy (non-hydrogen) atoms. The van der Waals surface area contributed by atoms with Crippen molar-refractivity contribution in [3.8, 4) is 5.75 Å². The quantitative estimate of drug-likeness (QED) is 0.244. The number of methoxy groups -OCH3 is 1. The second-order valence-electron chi connectivity index (χ2n) is 10.3. The lowest BCUT2D eigenvalue weighted by atomic mass is 9.71. The fourth-order valence-electron chi connectivity index (χ4n) is 4.89. The van der Waals surface area contributed by atoms with Crippen molar-refractivity contribution in [3.63, 3.8) is 0 Å². The number of aliphatic imine (C=N–C) groups is 1. The van der Waals surface area contributed by atoms with E-state index >= 15 is 0 Å². The van der Waals surface area contributed by atoms with Crippen molar-refractivity contribution in [2.45, 2.75) is 51.1 Å². The van der Waals surface area contributed by atoms with Gasteiger partial charge in [0.2, 0.25) is 0 Å². The molecule has 0 saturated carbocycles. The molecule has 0 saturated heterocycles. The number of carbonyl (C=O) groups is 1. The van der Waals surface area contributed by atoms with E-state index in [2.05, 4.69) is 20.8 Å². The molecule has 7 heteroatoms. The third kappa shape index (κ3) is 4.30. The number of rotatable bonds is 4. The van der Waals surface area contributed by atoms with Gasteiger partial charge in [0.15, 0.2) is 0 Å². The van der Waals surface area contributed by atoms with E-state index in [0.717, 1.165) is 16.7 Å². The zero-order chi connectivity index (χ0) is 26.5. The average molecular weight is 544 g/mol. The summed E-state index contributed by atoms with van der Waals surface area (Å²) >= 11 is 18.8. The van der Waals surface area contributed by atoms with Crippen LogP contribution in [0.1, 0.15) is 56.9 Å². The molecule has 188 valence electrons. The number of amidine groups is 1. The maximum Gasteiger partial charge on any atom is 0.322 e. The van der Waals surface area contributed by atoms with Crippen molar-refractivity contribution in [2.75, 3.05) is 7.11 Å². The lowest BCUT2D eigenvalue weighted by molar-refractivity contribution is 0.149. The summed E-state index contributed by atoms with van der Waals surface area (Å²) in [6.07, 6.45) is 0. The maximum absolute atomic E-state index is 13.2. The summed E-state index contributed by atoms with van der Waals surface area (Å²) in [5, 5.41) is 0.561. The summed E-state index contributed by atoms with van der Waals surface area (Å²) in [7, 11) is 1.62. The Balaban J connectivity index is 2.03. The van der Waals surface area contributed by atoms with E-state index in [9.17, 15) is 4.79 Å². The van der Waals surface area contributed by atoms with Gasteiger partial charge in [0.05, 0.1) is 12.7 Å². The van der Waals surface area contributed by atoms with E-state index in [0.29, 0.717) is 27.2 Å². The Morgan fingerprint density at radius 1 is 0.889 bits per heavy atom. The summed E-state index contributed by atoms with van der Waals surface area (Å²) < 4.78 is 5.80. The molecule has 0 fully saturated rings. The molecule has 0 aliphatic carbocycles. The Hall–Kier alpha value is -2.53. The minimum absolute atomic E-state index is 0.0824. The van der Waals surface area contributed by atoms with Crippen LogP contribution in [0.4, 0.5) is 4.79 Å². The van der Waals surface area contributed by atoms with Crippen molar-refractivity contribution in [3.05, 3.63) is 99.0 Å². The van der Waals surface area contributed by atoms with Gasteiger partial charge in [-0.1, -0.05) is 74.3 Å². The molecule has 4 nitrogen and oxygen atoms in total. The average Bonchev–Trinajstić information content (AvgIpc) is 3.07. The molecule has 3 aromatic carbocycles. The molecule has 0 spiro atoms. The van der Waals surface area contributed by atoms with Crippen LogP contribution in [0.15, 0.2) is 71.7 Å². The van der Waals surface area contributed by atoms with Gasteiger partial charge >= 0.3 is 5.37 Å². The molecular formula is C29H29Cl3N2O2. The molecule has 2 atom stereocenters. The number of amides is 1. The third-order valence-electron chi connectivity index (χ3n) is 7.23. The standard InChI is InChI=1S/C29H29Cl3N2O2/c1-27(2,3)20-11-16-23(24(17-20)36-6)25-33-28(4,18-7-12-21(30)13-8-18)29(5,34(25)26(32)35)19-9-14-22(31)15-10-19/h7-17H,1-6H3/t28-,29+/m0/s1. The van der Waals surface area contributed by atoms with E-state index in [-0.39, 0.29) is 5.41 Å². The molecular weight excluding hydrogens is 515 g/mol. The van der Waals surface area contributed by atoms with Crippen molar-refractivity contribution in [1.82, 2.24) is 4.90 Å². The number of carbonyl (C=O) groups excluding carboxylic acids is 1. The highest BCUT2D eigenvalue weighted by Gasteiger charge is 2.59. The Morgan fingerprint density at radius 3 is 1.89 bits per heavy atom. The van der Waals surface area contributed by atoms with Gasteiger partial charge < -0.3 is 4.74 Å². The van der Waals surface area contributed by atoms with Crippen LogP contribution in [-0.4, -0.2) is 23.2 Å². The minimum atomic E-state index is -0.993. The van der Waals surface area contributed by atoms with Crippen molar-refractivity contribution < 1.29 is 9.53 Å². The monoisotopic (exact) mass is 542 g/mol. The molecule has 0 N–H and O–H groups in total. The Kier molecular flexibility index (Phi) is 6.93. The molecule has 1 heterocycles. The largest absolute Gasteiger partial charge is 0.496 e. The van der Waals surface area contributed by atoms with Crippen LogP contribution in [0.5, 0.6) is 5.75 Å². The van der Waals surface area contributed by atoms with Crippen LogP contribution in [0.3, 0.4) is 0 Å². The van der Waals surface area contributed by atoms with Crippen molar-refractivity contribution in [2.24, 2.45) is 4.99 Å². The lowest BCUT2D eigenvalue weighted by Gasteiger charge is -2.44. The molecule has 4 rings (SSSR count). The number of benzene rings is 3. The van der Waals surface area contributed by atoms with Crippen molar-refractivity contribution >= 4 is 46.0 Å². The smallest absolute Gasteiger partial charge is 0.322 e. The third-order valence-corrected chi connectivity index (χ3v) is 7.91. The van der Waals surface area contributed by atoms with Gasteiger partial charge in [0.25, 0.3) is 0 Å². The first-order valence-corrected chi connectivity index (χ1v) is 12.8. The first-order valence-electron chi connectivity index (χ1n) is 11.6. The number of hydrogen-bond acceptors (Lipinski definition) is 3. The second-order valence-corrected chi connectivity index (χ2v) is 11.5. The zero-order valence-electron chi connectivity index (χ0n) is 21.2. The summed E-state index contributed by atoms with van der Waals surface area (Å²) in [5.74, 6) is 1.05. The van der Waals surface area contributed by atoms with E-state index < -0.39 is 16.4 Å². The lowest BCUT2D eigenvalue weighted by Crippen LogP contribution is -2.53. The molecule has 1 aliphatic rings. The van der Waals surface area contributed by atoms with Crippen LogP contribution in [0.2, 0.25) is 10.0 Å². The Morgan fingerprint density at radius 2 is 1.42 bits per heavy atom. The fraction of sp³-hybridized carbons (Fsp3) is 0.310. The predicted octanol–water partition coefficient (Wildman–Crippen LogP) is 8.55. The number of halogens is 3. The van der Waals surface area contributed by atoms with E-state index in [1.807, 2.05) is 68.4 Å². The summed E-state index contributed by atoms with van der Waals surface area (Å²) in [6, 6.07) is 20.9. The van der Waals surface area contributed by atoms with E-state index in [1.54, 1.807) is 24.1 Å². The highest BCUT2D eigenvalue weighted by atomic mass is 35.5. The summed E-state index contributed by atoms with van der Waals surface area (Å²) in [4.78, 5) is 20.0. The number of ether oxygens (including phenoxy) is 1. The van der Waals surface area contributed by atoms with Gasteiger partial charge in [-0.15, -0.1) is 0 Å². The molecule has 1 aliphatic heterocycles. The fourth-order valence-corrected chi connectivity index (χ4v) is 5.39. The highest BCUT2D eigenvalue weighted by Crippen LogP contribution is 2.54. The second kappa shape index (κ2) is 9.41. The predicted molar refractivity (Wildman–Crippen MR) is 149 cm³/mol. The van der Waals surface area contributed by atoms with Crippen LogP contribution >= 0.6 is 34.8 Å². The molecule has 1 amide bonds. The van der Waals surface area contributed by atoms with Crippen LogP contribution in [-0.2, 0) is 16.5 Å². The van der Waals surface area contributed by atoms with Crippen LogP contribution in [0, 0.1) is 0 Å². The van der Waals surface area contributed by atoms with Gasteiger partial charge in [0, 0.05) is 10.0 Å². The van der Waals surface area contributed by atoms with Crippen molar-refractivity contribution in [1.29, 1.82) is 0 Å². The van der Waals surface area contributed by atoms with Gasteiger partial charge in [-0.05, 0) is 84.0 Å². The molecule has 0 radical (unpaired) electrons. The number of nitrogens with zero attached hydrogens (tertiary/aromatic N) is 2. The van der Waals surface area contributed by atoms with E-state index in [4.69, 9.17) is 44.5 Å². The van der Waals surface area contributed by atoms with Gasteiger partial charge in [-0.2, -0.15) is 0 Å². The molecule has 0 aromatic heterocycles. The zero-order valence-corrected chi connectivity index (χ0v) is 23.5. The number of hydrogen-bond donors (Lipinski definition) is 0. The maximum atomic E-state index is 13.2. The summed E-state index contributed by atoms with van der Waals surface area (Å²) in [6.45, 7) is 10.4. The molecule has 0 bridgehead atoms. The van der Waals surface area contributed by atoms with E-state index in [1.165, 1.54) is 0 Å². The molecule has 0 unspecified atom stereocenters. The normalized spacial score (nSPS) is 21.9.